The molecule has 2 atom stereocenters. The summed E-state index contributed by atoms with van der Waals surface area (Å²) < 4.78 is 5.26. The number of nitrogens with one attached hydrogen (secondary N) is 1. The van der Waals surface area contributed by atoms with Crippen LogP contribution < -0.4 is 5.32 Å². The van der Waals surface area contributed by atoms with Gasteiger partial charge in [0.1, 0.15) is 0 Å². The SMILES string of the molecule is CN1CCC(NC(=O)N2CCOCC2CC(=O)O)C1. The van der Waals surface area contributed by atoms with E-state index in [0.29, 0.717) is 19.8 Å². The first kappa shape index (κ1) is 14.1. The summed E-state index contributed by atoms with van der Waals surface area (Å²) in [6.45, 7) is 3.04. The molecule has 7 nitrogen and oxygen atoms in total. The number of carbonyl (C=O) groups is 2. The molecule has 2 fully saturated rings. The lowest BCUT2D eigenvalue weighted by atomic mass is 10.1. The Morgan fingerprint density at radius 1 is 1.42 bits per heavy atom. The number of carboxylic acid groups (broad SMARTS) is 1. The molecule has 2 rings (SSSR count). The van der Waals surface area contributed by atoms with Crippen LogP contribution >= 0.6 is 0 Å². The molecule has 2 amide bonds. The lowest BCUT2D eigenvalue weighted by Crippen LogP contribution is -2.55. The molecule has 2 aliphatic rings. The number of likely N-dealkylation sites (tertiary alicyclic amines) is 1. The first-order chi connectivity index (χ1) is 9.06. The van der Waals surface area contributed by atoms with Crippen molar-refractivity contribution in [2.75, 3.05) is 39.9 Å². The van der Waals surface area contributed by atoms with Gasteiger partial charge in [0, 0.05) is 19.1 Å². The Kier molecular flexibility index (Phi) is 4.60. The summed E-state index contributed by atoms with van der Waals surface area (Å²) in [5.74, 6) is -0.908. The molecule has 0 aromatic carbocycles. The number of hydrogen-bond donors (Lipinski definition) is 2. The number of ether oxygens (including phenoxy) is 1. The largest absolute Gasteiger partial charge is 0.481 e. The molecule has 7 heteroatoms. The first-order valence-corrected chi connectivity index (χ1v) is 6.61. The third kappa shape index (κ3) is 3.81. The van der Waals surface area contributed by atoms with Gasteiger partial charge in [-0.25, -0.2) is 4.79 Å². The molecule has 19 heavy (non-hydrogen) atoms. The number of amides is 2. The minimum Gasteiger partial charge on any atom is -0.481 e. The van der Waals surface area contributed by atoms with E-state index in [1.54, 1.807) is 4.90 Å². The van der Waals surface area contributed by atoms with Crippen LogP contribution in [0.2, 0.25) is 0 Å². The predicted molar refractivity (Wildman–Crippen MR) is 68.0 cm³/mol. The number of likely N-dealkylation sites (N-methyl/N-ethyl adjacent to an activating group) is 1. The van der Waals surface area contributed by atoms with Crippen molar-refractivity contribution in [2.24, 2.45) is 0 Å². The second-order valence-electron chi connectivity index (χ2n) is 5.22. The Balaban J connectivity index is 1.89. The second kappa shape index (κ2) is 6.21. The molecule has 108 valence electrons. The number of morpholine rings is 1. The number of carbonyl (C=O) groups excluding carboxylic acids is 1. The smallest absolute Gasteiger partial charge is 0.318 e. The predicted octanol–water partition coefficient (Wildman–Crippen LogP) is -0.424. The van der Waals surface area contributed by atoms with Gasteiger partial charge in [0.2, 0.25) is 0 Å². The number of nitrogens with zero attached hydrogens (tertiary/aromatic N) is 2. The zero-order valence-electron chi connectivity index (χ0n) is 11.2. The van der Waals surface area contributed by atoms with Crippen molar-refractivity contribution >= 4 is 12.0 Å². The number of aliphatic carboxylic acids is 1. The topological polar surface area (TPSA) is 82.1 Å². The number of rotatable bonds is 3. The molecule has 0 aromatic heterocycles. The van der Waals surface area contributed by atoms with Crippen LogP contribution in [-0.4, -0.2) is 78.9 Å². The van der Waals surface area contributed by atoms with Gasteiger partial charge in [-0.2, -0.15) is 0 Å². The maximum atomic E-state index is 12.2. The molecular formula is C12H21N3O4. The van der Waals surface area contributed by atoms with Crippen molar-refractivity contribution in [1.82, 2.24) is 15.1 Å². The molecule has 2 aliphatic heterocycles. The van der Waals surface area contributed by atoms with Gasteiger partial charge in [-0.1, -0.05) is 0 Å². The van der Waals surface area contributed by atoms with E-state index in [2.05, 4.69) is 10.2 Å². The number of hydrogen-bond acceptors (Lipinski definition) is 4. The highest BCUT2D eigenvalue weighted by atomic mass is 16.5. The fraction of sp³-hybridized carbons (Fsp3) is 0.833. The van der Waals surface area contributed by atoms with E-state index in [-0.39, 0.29) is 24.5 Å². The Labute approximate surface area is 112 Å². The zero-order chi connectivity index (χ0) is 13.8. The van der Waals surface area contributed by atoms with E-state index in [1.165, 1.54) is 0 Å². The average molecular weight is 271 g/mol. The second-order valence-corrected chi connectivity index (χ2v) is 5.22. The van der Waals surface area contributed by atoms with Crippen molar-refractivity contribution < 1.29 is 19.4 Å². The van der Waals surface area contributed by atoms with Crippen LogP contribution in [-0.2, 0) is 9.53 Å². The molecule has 0 radical (unpaired) electrons. The van der Waals surface area contributed by atoms with Gasteiger partial charge in [0.05, 0.1) is 25.7 Å². The van der Waals surface area contributed by atoms with Gasteiger partial charge in [-0.05, 0) is 20.0 Å². The van der Waals surface area contributed by atoms with Crippen LogP contribution in [0.1, 0.15) is 12.8 Å². The average Bonchev–Trinajstić information content (AvgIpc) is 2.74. The fourth-order valence-electron chi connectivity index (χ4n) is 2.60. The van der Waals surface area contributed by atoms with E-state index in [0.717, 1.165) is 19.5 Å². The maximum Gasteiger partial charge on any atom is 0.318 e. The van der Waals surface area contributed by atoms with E-state index in [4.69, 9.17) is 9.84 Å². The van der Waals surface area contributed by atoms with Crippen LogP contribution in [0.4, 0.5) is 4.79 Å². The van der Waals surface area contributed by atoms with Crippen molar-refractivity contribution in [1.29, 1.82) is 0 Å². The van der Waals surface area contributed by atoms with Crippen molar-refractivity contribution in [3.8, 4) is 0 Å². The highest BCUT2D eigenvalue weighted by molar-refractivity contribution is 5.76. The molecule has 0 aliphatic carbocycles. The van der Waals surface area contributed by atoms with Gasteiger partial charge >= 0.3 is 12.0 Å². The summed E-state index contributed by atoms with van der Waals surface area (Å²) in [5.41, 5.74) is 0. The Morgan fingerprint density at radius 2 is 2.21 bits per heavy atom. The standard InChI is InChI=1S/C12H21N3O4/c1-14-3-2-9(7-14)13-12(18)15-4-5-19-8-10(15)6-11(16)17/h9-10H,2-8H2,1H3,(H,13,18)(H,16,17). The van der Waals surface area contributed by atoms with E-state index in [1.807, 2.05) is 7.05 Å². The van der Waals surface area contributed by atoms with Gasteiger partial charge < -0.3 is 25.0 Å². The maximum absolute atomic E-state index is 12.2. The van der Waals surface area contributed by atoms with Crippen molar-refractivity contribution in [2.45, 2.75) is 24.9 Å². The summed E-state index contributed by atoms with van der Waals surface area (Å²) in [5, 5.41) is 11.8. The third-order valence-electron chi connectivity index (χ3n) is 3.62. The highest BCUT2D eigenvalue weighted by Gasteiger charge is 2.31. The van der Waals surface area contributed by atoms with E-state index >= 15 is 0 Å². The van der Waals surface area contributed by atoms with Crippen LogP contribution in [0.5, 0.6) is 0 Å². The van der Waals surface area contributed by atoms with Crippen LogP contribution in [0.3, 0.4) is 0 Å². The van der Waals surface area contributed by atoms with Gasteiger partial charge in [-0.15, -0.1) is 0 Å². The number of carboxylic acids is 1. The Morgan fingerprint density at radius 3 is 2.84 bits per heavy atom. The van der Waals surface area contributed by atoms with Gasteiger partial charge in [0.15, 0.2) is 0 Å². The number of urea groups is 1. The zero-order valence-corrected chi connectivity index (χ0v) is 11.2. The first-order valence-electron chi connectivity index (χ1n) is 6.61. The molecule has 0 saturated carbocycles. The molecule has 2 unspecified atom stereocenters. The van der Waals surface area contributed by atoms with Crippen LogP contribution in [0.15, 0.2) is 0 Å². The summed E-state index contributed by atoms with van der Waals surface area (Å²) in [6.07, 6.45) is 0.869. The summed E-state index contributed by atoms with van der Waals surface area (Å²) >= 11 is 0. The molecule has 0 bridgehead atoms. The summed E-state index contributed by atoms with van der Waals surface area (Å²) in [4.78, 5) is 26.8. The quantitative estimate of drug-likeness (QED) is 0.728. The lowest BCUT2D eigenvalue weighted by Gasteiger charge is -2.35. The minimum absolute atomic E-state index is 0.0714. The van der Waals surface area contributed by atoms with E-state index < -0.39 is 5.97 Å². The normalized spacial score (nSPS) is 28.4. The third-order valence-corrected chi connectivity index (χ3v) is 3.62. The molecular weight excluding hydrogens is 250 g/mol. The summed E-state index contributed by atoms with van der Waals surface area (Å²) in [7, 11) is 2.02. The highest BCUT2D eigenvalue weighted by Crippen LogP contribution is 2.13. The molecule has 0 spiro atoms. The summed E-state index contributed by atoms with van der Waals surface area (Å²) in [6, 6.07) is -0.383. The van der Waals surface area contributed by atoms with Gasteiger partial charge in [-0.3, -0.25) is 4.79 Å². The van der Waals surface area contributed by atoms with Crippen LogP contribution in [0.25, 0.3) is 0 Å². The molecule has 2 heterocycles. The van der Waals surface area contributed by atoms with Gasteiger partial charge in [0.25, 0.3) is 0 Å². The monoisotopic (exact) mass is 271 g/mol. The van der Waals surface area contributed by atoms with Crippen molar-refractivity contribution in [3.05, 3.63) is 0 Å². The fourth-order valence-corrected chi connectivity index (χ4v) is 2.60. The molecule has 2 N–H and O–H groups in total. The minimum atomic E-state index is -0.908. The molecule has 0 aromatic rings. The Hall–Kier alpha value is -1.34. The Bertz CT molecular complexity index is 350. The molecule has 2 saturated heterocycles. The van der Waals surface area contributed by atoms with E-state index in [9.17, 15) is 9.59 Å². The van der Waals surface area contributed by atoms with Crippen LogP contribution in [0, 0.1) is 0 Å². The lowest BCUT2D eigenvalue weighted by molar-refractivity contribution is -0.139. The van der Waals surface area contributed by atoms with Crippen molar-refractivity contribution in [3.63, 3.8) is 0 Å².